The first-order chi connectivity index (χ1) is 15.2. The van der Waals surface area contributed by atoms with E-state index in [1.807, 2.05) is 12.1 Å². The van der Waals surface area contributed by atoms with E-state index in [9.17, 15) is 0 Å². The lowest BCUT2D eigenvalue weighted by Crippen LogP contribution is -2.24. The van der Waals surface area contributed by atoms with Crippen molar-refractivity contribution in [2.45, 2.75) is 45.1 Å². The number of halogens is 2. The maximum atomic E-state index is 5.86. The van der Waals surface area contributed by atoms with Gasteiger partial charge in [-0.1, -0.05) is 18.2 Å². The highest BCUT2D eigenvalue weighted by atomic mass is 79.9. The van der Waals surface area contributed by atoms with Crippen LogP contribution in [0.1, 0.15) is 42.4 Å². The van der Waals surface area contributed by atoms with Crippen LogP contribution in [0.5, 0.6) is 11.5 Å². The lowest BCUT2D eigenvalue weighted by molar-refractivity contribution is 0.297. The molecule has 0 aromatic heterocycles. The van der Waals surface area contributed by atoms with Gasteiger partial charge in [0.15, 0.2) is 0 Å². The zero-order valence-corrected chi connectivity index (χ0v) is 21.1. The van der Waals surface area contributed by atoms with Crippen LogP contribution in [-0.4, -0.2) is 26.3 Å². The third kappa shape index (κ3) is 6.70. The number of ether oxygens (including phenoxy) is 2. The Bertz CT molecular complexity index is 882. The molecule has 1 aliphatic heterocycles. The predicted octanol–water partition coefficient (Wildman–Crippen LogP) is 5.62. The van der Waals surface area contributed by atoms with Gasteiger partial charge in [0.1, 0.15) is 11.5 Å². The van der Waals surface area contributed by atoms with E-state index in [-0.39, 0.29) is 0 Å². The first-order valence-electron chi connectivity index (χ1n) is 11.4. The minimum atomic E-state index is 0.671. The lowest BCUT2D eigenvalue weighted by atomic mass is 10.0. The van der Waals surface area contributed by atoms with Crippen molar-refractivity contribution in [2.75, 3.05) is 26.3 Å². The molecule has 5 rings (SSSR count). The summed E-state index contributed by atoms with van der Waals surface area (Å²) in [5.74, 6) is 3.57. The summed E-state index contributed by atoms with van der Waals surface area (Å²) < 4.78 is 13.9. The molecule has 0 bridgehead atoms. The molecule has 0 spiro atoms. The standard InChI is InChI=1S/C13H16BrNO.C12H16BrNO/c14-13-11-5-6-15-7-10(11)3-4-12(13)16-8-9-1-2-9;13-12-10(6-7-14)2-1-3-11(12)15-8-9-4-5-9/h3-4,9,15H,1-2,5-8H2;1-3,9H,4-8,14H2. The fraction of sp³-hybridized carbons (Fsp3) is 0.520. The van der Waals surface area contributed by atoms with Crippen LogP contribution in [0.3, 0.4) is 0 Å². The molecule has 4 nitrogen and oxygen atoms in total. The number of benzene rings is 2. The molecule has 168 valence electrons. The fourth-order valence-electron chi connectivity index (χ4n) is 3.62. The first kappa shape index (κ1) is 23.1. The van der Waals surface area contributed by atoms with Gasteiger partial charge in [0.2, 0.25) is 0 Å². The average Bonchev–Trinajstić information content (AvgIpc) is 3.70. The van der Waals surface area contributed by atoms with Gasteiger partial charge < -0.3 is 20.5 Å². The second-order valence-corrected chi connectivity index (χ2v) is 10.3. The van der Waals surface area contributed by atoms with E-state index in [0.29, 0.717) is 6.54 Å². The summed E-state index contributed by atoms with van der Waals surface area (Å²) in [7, 11) is 0. The maximum absolute atomic E-state index is 5.86. The SMILES string of the molecule is Brc1c(OCC2CC2)ccc2c1CCNC2.NCCc1cccc(OCC2CC2)c1Br. The van der Waals surface area contributed by atoms with Crippen molar-refractivity contribution in [1.29, 1.82) is 0 Å². The molecule has 3 aliphatic rings. The molecule has 1 heterocycles. The Balaban J connectivity index is 0.000000150. The Morgan fingerprint density at radius 1 is 0.903 bits per heavy atom. The van der Waals surface area contributed by atoms with E-state index in [1.54, 1.807) is 0 Å². The van der Waals surface area contributed by atoms with Gasteiger partial charge in [0.05, 0.1) is 22.2 Å². The zero-order valence-electron chi connectivity index (χ0n) is 18.0. The fourth-order valence-corrected chi connectivity index (χ4v) is 4.90. The van der Waals surface area contributed by atoms with E-state index in [4.69, 9.17) is 15.2 Å². The van der Waals surface area contributed by atoms with Crippen LogP contribution >= 0.6 is 31.9 Å². The van der Waals surface area contributed by atoms with Gasteiger partial charge in [0.25, 0.3) is 0 Å². The van der Waals surface area contributed by atoms with Crippen molar-refractivity contribution in [3.63, 3.8) is 0 Å². The maximum Gasteiger partial charge on any atom is 0.133 e. The Morgan fingerprint density at radius 3 is 2.23 bits per heavy atom. The lowest BCUT2D eigenvalue weighted by Gasteiger charge is -2.20. The van der Waals surface area contributed by atoms with Crippen LogP contribution in [0.25, 0.3) is 0 Å². The topological polar surface area (TPSA) is 56.5 Å². The smallest absolute Gasteiger partial charge is 0.133 e. The third-order valence-corrected chi connectivity index (χ3v) is 7.74. The molecule has 2 fully saturated rings. The molecular formula is C25H32Br2N2O2. The van der Waals surface area contributed by atoms with Crippen LogP contribution < -0.4 is 20.5 Å². The van der Waals surface area contributed by atoms with E-state index in [0.717, 1.165) is 67.0 Å². The van der Waals surface area contributed by atoms with E-state index >= 15 is 0 Å². The van der Waals surface area contributed by atoms with E-state index in [1.165, 1.54) is 46.8 Å². The Morgan fingerprint density at radius 2 is 1.58 bits per heavy atom. The van der Waals surface area contributed by atoms with Crippen LogP contribution in [0.2, 0.25) is 0 Å². The molecule has 0 saturated heterocycles. The van der Waals surface area contributed by atoms with E-state index < -0.39 is 0 Å². The normalized spacial score (nSPS) is 17.4. The van der Waals surface area contributed by atoms with E-state index in [2.05, 4.69) is 55.4 Å². The number of nitrogens with one attached hydrogen (secondary N) is 1. The number of rotatable bonds is 8. The first-order valence-corrected chi connectivity index (χ1v) is 13.0. The van der Waals surface area contributed by atoms with Gasteiger partial charge in [-0.15, -0.1) is 0 Å². The van der Waals surface area contributed by atoms with Gasteiger partial charge >= 0.3 is 0 Å². The molecule has 0 amide bonds. The van der Waals surface area contributed by atoms with Crippen LogP contribution in [0.15, 0.2) is 39.3 Å². The summed E-state index contributed by atoms with van der Waals surface area (Å²) in [5.41, 5.74) is 9.60. The third-order valence-electron chi connectivity index (χ3n) is 5.97. The van der Waals surface area contributed by atoms with Gasteiger partial charge in [-0.05, 0) is 124 Å². The van der Waals surface area contributed by atoms with Crippen molar-refractivity contribution in [2.24, 2.45) is 17.6 Å². The van der Waals surface area contributed by atoms with Gasteiger partial charge in [0, 0.05) is 6.54 Å². The second-order valence-electron chi connectivity index (χ2n) is 8.72. The van der Waals surface area contributed by atoms with Gasteiger partial charge in [-0.2, -0.15) is 0 Å². The Labute approximate surface area is 202 Å². The van der Waals surface area contributed by atoms with Crippen LogP contribution in [-0.2, 0) is 19.4 Å². The van der Waals surface area contributed by atoms with Crippen LogP contribution in [0.4, 0.5) is 0 Å². The molecule has 31 heavy (non-hydrogen) atoms. The molecule has 3 N–H and O–H groups in total. The highest BCUT2D eigenvalue weighted by molar-refractivity contribution is 9.11. The van der Waals surface area contributed by atoms with Crippen molar-refractivity contribution < 1.29 is 9.47 Å². The summed E-state index contributed by atoms with van der Waals surface area (Å²) in [4.78, 5) is 0. The molecule has 2 aromatic rings. The van der Waals surface area contributed by atoms with Crippen LogP contribution in [0, 0.1) is 11.8 Å². The Kier molecular flexibility index (Phi) is 8.32. The molecular weight excluding hydrogens is 520 g/mol. The van der Waals surface area contributed by atoms with Gasteiger partial charge in [-0.3, -0.25) is 0 Å². The zero-order chi connectivity index (χ0) is 21.6. The number of nitrogens with two attached hydrogens (primary N) is 1. The number of hydrogen-bond donors (Lipinski definition) is 2. The predicted molar refractivity (Wildman–Crippen MR) is 133 cm³/mol. The largest absolute Gasteiger partial charge is 0.492 e. The van der Waals surface area contributed by atoms with Crippen molar-refractivity contribution in [1.82, 2.24) is 5.32 Å². The number of hydrogen-bond acceptors (Lipinski definition) is 4. The highest BCUT2D eigenvalue weighted by Gasteiger charge is 2.23. The van der Waals surface area contributed by atoms with Crippen molar-refractivity contribution in [3.8, 4) is 11.5 Å². The van der Waals surface area contributed by atoms with Crippen molar-refractivity contribution in [3.05, 3.63) is 56.0 Å². The summed E-state index contributed by atoms with van der Waals surface area (Å²) in [6.07, 6.45) is 7.30. The minimum absolute atomic E-state index is 0.671. The Hall–Kier alpha value is -1.08. The quantitative estimate of drug-likeness (QED) is 0.447. The minimum Gasteiger partial charge on any atom is -0.492 e. The summed E-state index contributed by atoms with van der Waals surface area (Å²) in [6, 6.07) is 10.4. The molecule has 0 unspecified atom stereocenters. The molecule has 6 heteroatoms. The second kappa shape index (κ2) is 11.2. The molecule has 0 radical (unpaired) electrons. The molecule has 2 aliphatic carbocycles. The molecule has 2 saturated carbocycles. The monoisotopic (exact) mass is 550 g/mol. The number of fused-ring (bicyclic) bond motifs is 1. The van der Waals surface area contributed by atoms with Crippen molar-refractivity contribution >= 4 is 31.9 Å². The summed E-state index contributed by atoms with van der Waals surface area (Å²) in [6.45, 7) is 4.46. The summed E-state index contributed by atoms with van der Waals surface area (Å²) in [5, 5.41) is 3.39. The van der Waals surface area contributed by atoms with Gasteiger partial charge in [-0.25, -0.2) is 0 Å². The molecule has 2 aromatic carbocycles. The average molecular weight is 552 g/mol. The highest BCUT2D eigenvalue weighted by Crippen LogP contribution is 2.36. The summed E-state index contributed by atoms with van der Waals surface area (Å²) >= 11 is 7.26. The molecule has 0 atom stereocenters.